The number of thiocarbonyl (C=S) groups is 1. The number of nitrogens with zero attached hydrogens (tertiary/aromatic N) is 2. The molecule has 174 valence electrons. The molecule has 5 rings (SSSR count). The van der Waals surface area contributed by atoms with Crippen molar-refractivity contribution >= 4 is 78.7 Å². The van der Waals surface area contributed by atoms with Gasteiger partial charge in [-0.05, 0) is 49.2 Å². The predicted molar refractivity (Wildman–Crippen MR) is 144 cm³/mol. The number of nitrogens with one attached hydrogen (secondary N) is 1. The number of fused-ring (bicyclic) bond motifs is 1. The molecule has 6 nitrogen and oxygen atoms in total. The second-order valence-corrected chi connectivity index (χ2v) is 10.8. The van der Waals surface area contributed by atoms with Crippen LogP contribution < -0.4 is 10.2 Å². The summed E-state index contributed by atoms with van der Waals surface area (Å²) in [6.07, 6.45) is 5.89. The summed E-state index contributed by atoms with van der Waals surface area (Å²) in [4.78, 5) is 27.9. The summed E-state index contributed by atoms with van der Waals surface area (Å²) >= 11 is 10.3. The van der Waals surface area contributed by atoms with E-state index in [1.807, 2.05) is 65.4 Å². The number of carbonyl (C=O) groups is 2. The maximum absolute atomic E-state index is 13.2. The third-order valence-electron chi connectivity index (χ3n) is 5.83. The summed E-state index contributed by atoms with van der Waals surface area (Å²) in [7, 11) is 0. The highest BCUT2D eigenvalue weighted by molar-refractivity contribution is 9.10. The predicted octanol–water partition coefficient (Wildman–Crippen LogP) is 5.10. The highest BCUT2D eigenvalue weighted by atomic mass is 79.9. The second kappa shape index (κ2) is 10.0. The van der Waals surface area contributed by atoms with E-state index in [-0.39, 0.29) is 24.5 Å². The lowest BCUT2D eigenvalue weighted by atomic mass is 10.1. The van der Waals surface area contributed by atoms with Gasteiger partial charge in [-0.1, -0.05) is 58.1 Å². The van der Waals surface area contributed by atoms with E-state index in [2.05, 4.69) is 21.2 Å². The Hall–Kier alpha value is -2.46. The molecule has 2 fully saturated rings. The van der Waals surface area contributed by atoms with Crippen LogP contribution in [0.25, 0.3) is 17.0 Å². The number of benzene rings is 2. The molecule has 1 aromatic heterocycles. The zero-order valence-corrected chi connectivity index (χ0v) is 21.4. The standard InChI is InChI=1S/C25H22BrN3O3S2/c26-17-8-9-21-20(12-17)16(14-28(21)15-23(30)27-13-19-7-4-10-32-19)11-22-24(31)29(25(33)34-22)18-5-2-1-3-6-18/h1-3,5-6,8-9,11-12,14,19H,4,7,10,13,15H2,(H,27,30)/b22-11-/t19-/m0/s1. The third-order valence-corrected chi connectivity index (χ3v) is 7.63. The van der Waals surface area contributed by atoms with Crippen molar-refractivity contribution in [2.45, 2.75) is 25.5 Å². The normalized spacial score (nSPS) is 19.5. The Morgan fingerprint density at radius 3 is 2.85 bits per heavy atom. The Morgan fingerprint density at radius 2 is 2.09 bits per heavy atom. The average molecular weight is 557 g/mol. The van der Waals surface area contributed by atoms with Crippen molar-refractivity contribution < 1.29 is 14.3 Å². The van der Waals surface area contributed by atoms with E-state index in [0.717, 1.165) is 46.1 Å². The van der Waals surface area contributed by atoms with Gasteiger partial charge in [-0.15, -0.1) is 0 Å². The lowest BCUT2D eigenvalue weighted by Crippen LogP contribution is -2.34. The quantitative estimate of drug-likeness (QED) is 0.338. The molecule has 2 saturated heterocycles. The molecule has 0 bridgehead atoms. The van der Waals surface area contributed by atoms with Gasteiger partial charge in [0.1, 0.15) is 6.54 Å². The van der Waals surface area contributed by atoms with Crippen LogP contribution in [0.1, 0.15) is 18.4 Å². The van der Waals surface area contributed by atoms with Crippen LogP contribution in [0.15, 0.2) is 64.1 Å². The van der Waals surface area contributed by atoms with E-state index in [0.29, 0.717) is 15.8 Å². The van der Waals surface area contributed by atoms with Crippen LogP contribution in [0, 0.1) is 0 Å². The van der Waals surface area contributed by atoms with E-state index >= 15 is 0 Å². The lowest BCUT2D eigenvalue weighted by Gasteiger charge is -2.13. The van der Waals surface area contributed by atoms with Crippen molar-refractivity contribution in [2.24, 2.45) is 0 Å². The van der Waals surface area contributed by atoms with Crippen molar-refractivity contribution in [1.29, 1.82) is 0 Å². The number of amides is 2. The van der Waals surface area contributed by atoms with Gasteiger partial charge in [0.25, 0.3) is 5.91 Å². The number of rotatable bonds is 6. The van der Waals surface area contributed by atoms with Crippen molar-refractivity contribution in [2.75, 3.05) is 18.1 Å². The third kappa shape index (κ3) is 4.84. The Morgan fingerprint density at radius 1 is 1.26 bits per heavy atom. The van der Waals surface area contributed by atoms with Gasteiger partial charge < -0.3 is 14.6 Å². The first-order chi connectivity index (χ1) is 16.5. The largest absolute Gasteiger partial charge is 0.376 e. The molecule has 9 heteroatoms. The average Bonchev–Trinajstić information content (AvgIpc) is 3.53. The minimum Gasteiger partial charge on any atom is -0.376 e. The van der Waals surface area contributed by atoms with E-state index in [9.17, 15) is 9.59 Å². The zero-order chi connectivity index (χ0) is 23.7. The number of anilines is 1. The Balaban J connectivity index is 1.41. The van der Waals surface area contributed by atoms with E-state index in [4.69, 9.17) is 17.0 Å². The summed E-state index contributed by atoms with van der Waals surface area (Å²) in [5.41, 5.74) is 2.53. The van der Waals surface area contributed by atoms with E-state index in [1.54, 1.807) is 4.90 Å². The number of thioether (sulfide) groups is 1. The maximum atomic E-state index is 13.2. The van der Waals surface area contributed by atoms with Gasteiger partial charge in [0, 0.05) is 40.3 Å². The van der Waals surface area contributed by atoms with Crippen LogP contribution in [0.3, 0.4) is 0 Å². The second-order valence-electron chi connectivity index (χ2n) is 8.17. The molecule has 0 radical (unpaired) electrons. The molecule has 0 spiro atoms. The molecule has 1 atom stereocenters. The molecule has 2 aliphatic rings. The van der Waals surface area contributed by atoms with Crippen LogP contribution in [-0.4, -0.2) is 40.0 Å². The van der Waals surface area contributed by atoms with Crippen molar-refractivity contribution in [3.05, 3.63) is 69.7 Å². The first kappa shape index (κ1) is 23.3. The molecular weight excluding hydrogens is 534 g/mol. The lowest BCUT2D eigenvalue weighted by molar-refractivity contribution is -0.122. The summed E-state index contributed by atoms with van der Waals surface area (Å²) in [6, 6.07) is 15.3. The van der Waals surface area contributed by atoms with Gasteiger partial charge in [-0.3, -0.25) is 14.5 Å². The number of ether oxygens (including phenoxy) is 1. The molecule has 2 aliphatic heterocycles. The first-order valence-corrected chi connectivity index (χ1v) is 13.0. The van der Waals surface area contributed by atoms with E-state index < -0.39 is 0 Å². The fourth-order valence-corrected chi connectivity index (χ4v) is 5.85. The molecule has 2 aromatic carbocycles. The Kier molecular flexibility index (Phi) is 6.87. The molecule has 0 saturated carbocycles. The molecule has 34 heavy (non-hydrogen) atoms. The Bertz CT molecular complexity index is 1300. The minimum absolute atomic E-state index is 0.0720. The molecule has 1 N–H and O–H groups in total. The molecule has 0 aliphatic carbocycles. The van der Waals surface area contributed by atoms with Gasteiger partial charge in [-0.25, -0.2) is 0 Å². The highest BCUT2D eigenvalue weighted by Crippen LogP contribution is 2.37. The van der Waals surface area contributed by atoms with Crippen molar-refractivity contribution in [1.82, 2.24) is 9.88 Å². The highest BCUT2D eigenvalue weighted by Gasteiger charge is 2.33. The van der Waals surface area contributed by atoms with Gasteiger partial charge in [-0.2, -0.15) is 0 Å². The summed E-state index contributed by atoms with van der Waals surface area (Å²) in [5, 5.41) is 3.93. The molecule has 0 unspecified atom stereocenters. The number of hydrogen-bond acceptors (Lipinski definition) is 5. The number of carbonyl (C=O) groups excluding carboxylic acids is 2. The van der Waals surface area contributed by atoms with Crippen LogP contribution >= 0.6 is 39.9 Å². The fraction of sp³-hybridized carbons (Fsp3) is 0.240. The van der Waals surface area contributed by atoms with Gasteiger partial charge in [0.2, 0.25) is 5.91 Å². The number of para-hydroxylation sites is 1. The first-order valence-electron chi connectivity index (χ1n) is 11.0. The topological polar surface area (TPSA) is 63.6 Å². The summed E-state index contributed by atoms with van der Waals surface area (Å²) in [6.45, 7) is 1.47. The minimum atomic E-state index is -0.147. The number of halogens is 1. The van der Waals surface area contributed by atoms with Gasteiger partial charge in [0.15, 0.2) is 4.32 Å². The van der Waals surface area contributed by atoms with Crippen LogP contribution in [0.5, 0.6) is 0 Å². The van der Waals surface area contributed by atoms with E-state index in [1.165, 1.54) is 11.8 Å². The van der Waals surface area contributed by atoms with Gasteiger partial charge >= 0.3 is 0 Å². The summed E-state index contributed by atoms with van der Waals surface area (Å²) < 4.78 is 8.93. The van der Waals surface area contributed by atoms with Crippen LogP contribution in [0.4, 0.5) is 5.69 Å². The SMILES string of the molecule is O=C(Cn1cc(/C=C2\SC(=S)N(c3ccccc3)C2=O)c2cc(Br)ccc21)NC[C@@H]1CCCO1. The number of hydrogen-bond donors (Lipinski definition) is 1. The van der Waals surface area contributed by atoms with Crippen LogP contribution in [0.2, 0.25) is 0 Å². The van der Waals surface area contributed by atoms with Crippen molar-refractivity contribution in [3.63, 3.8) is 0 Å². The van der Waals surface area contributed by atoms with Crippen LogP contribution in [-0.2, 0) is 20.9 Å². The molecule has 2 amide bonds. The van der Waals surface area contributed by atoms with Gasteiger partial charge in [0.05, 0.1) is 16.7 Å². The summed E-state index contributed by atoms with van der Waals surface area (Å²) in [5.74, 6) is -0.219. The number of aromatic nitrogens is 1. The molecule has 3 heterocycles. The smallest absolute Gasteiger partial charge is 0.270 e. The zero-order valence-electron chi connectivity index (χ0n) is 18.2. The molecular formula is C25H22BrN3O3S2. The van der Waals surface area contributed by atoms with Crippen molar-refractivity contribution in [3.8, 4) is 0 Å². The fourth-order valence-electron chi connectivity index (χ4n) is 4.19. The maximum Gasteiger partial charge on any atom is 0.270 e. The molecule has 3 aromatic rings. The Labute approximate surface area is 215 Å². The monoisotopic (exact) mass is 555 g/mol.